The van der Waals surface area contributed by atoms with Gasteiger partial charge >= 0.3 is 5.97 Å². The van der Waals surface area contributed by atoms with Gasteiger partial charge in [-0.1, -0.05) is 34.1 Å². The second kappa shape index (κ2) is 4.09. The molecule has 0 unspecified atom stereocenters. The van der Waals surface area contributed by atoms with E-state index in [0.29, 0.717) is 0 Å². The van der Waals surface area contributed by atoms with Crippen LogP contribution in [0.2, 0.25) is 0 Å². The number of fused-ring (bicyclic) bond motifs is 3. The standard InChI is InChI=1S/C15H17BrO2/c16-12-4-2-1-3-11(12)14-5-8-15(9-6-14,10-7-14)13(17)18/h1-4H,5-10H2,(H,17,18). The molecule has 0 spiro atoms. The molecule has 0 aromatic heterocycles. The summed E-state index contributed by atoms with van der Waals surface area (Å²) in [5.41, 5.74) is 1.18. The predicted molar refractivity (Wildman–Crippen MR) is 73.6 cm³/mol. The van der Waals surface area contributed by atoms with Gasteiger partial charge < -0.3 is 5.11 Å². The molecule has 0 atom stereocenters. The Kier molecular flexibility index (Phi) is 2.77. The quantitative estimate of drug-likeness (QED) is 0.892. The zero-order valence-corrected chi connectivity index (χ0v) is 11.9. The number of carboxylic acids is 1. The van der Waals surface area contributed by atoms with E-state index in [2.05, 4.69) is 34.1 Å². The Bertz CT molecular complexity index is 470. The first-order valence-corrected chi connectivity index (χ1v) is 7.36. The summed E-state index contributed by atoms with van der Waals surface area (Å²) in [5.74, 6) is -0.581. The van der Waals surface area contributed by atoms with E-state index >= 15 is 0 Å². The van der Waals surface area contributed by atoms with Gasteiger partial charge in [0.25, 0.3) is 0 Å². The Morgan fingerprint density at radius 2 is 1.61 bits per heavy atom. The summed E-state index contributed by atoms with van der Waals surface area (Å²) in [4.78, 5) is 11.4. The normalized spacial score (nSPS) is 34.5. The number of carboxylic acid groups (broad SMARTS) is 1. The van der Waals surface area contributed by atoms with Crippen LogP contribution in [0.25, 0.3) is 0 Å². The minimum Gasteiger partial charge on any atom is -0.481 e. The molecular weight excluding hydrogens is 292 g/mol. The number of benzene rings is 1. The molecule has 0 aliphatic heterocycles. The molecule has 2 nitrogen and oxygen atoms in total. The zero-order valence-electron chi connectivity index (χ0n) is 10.3. The van der Waals surface area contributed by atoms with Crippen LogP contribution in [0.1, 0.15) is 44.1 Å². The van der Waals surface area contributed by atoms with Crippen molar-refractivity contribution in [3.63, 3.8) is 0 Å². The third kappa shape index (κ3) is 1.63. The summed E-state index contributed by atoms with van der Waals surface area (Å²) < 4.78 is 1.18. The Labute approximate surface area is 116 Å². The lowest BCUT2D eigenvalue weighted by Gasteiger charge is -2.52. The van der Waals surface area contributed by atoms with Gasteiger partial charge in [-0.2, -0.15) is 0 Å². The zero-order chi connectivity index (χ0) is 12.8. The Balaban J connectivity index is 1.94. The molecule has 0 saturated heterocycles. The molecule has 1 aromatic carbocycles. The Hall–Kier alpha value is -0.830. The lowest BCUT2D eigenvalue weighted by atomic mass is 9.52. The van der Waals surface area contributed by atoms with Gasteiger partial charge in [0.15, 0.2) is 0 Å². The van der Waals surface area contributed by atoms with E-state index in [-0.39, 0.29) is 5.41 Å². The molecule has 3 heteroatoms. The van der Waals surface area contributed by atoms with Gasteiger partial charge in [0.1, 0.15) is 0 Å². The van der Waals surface area contributed by atoms with Gasteiger partial charge in [-0.3, -0.25) is 4.79 Å². The first kappa shape index (κ1) is 12.2. The predicted octanol–water partition coefficient (Wildman–Crippen LogP) is 4.13. The average molecular weight is 309 g/mol. The summed E-state index contributed by atoms with van der Waals surface area (Å²) in [6, 6.07) is 8.42. The van der Waals surface area contributed by atoms with Crippen LogP contribution in [-0.4, -0.2) is 11.1 Å². The van der Waals surface area contributed by atoms with Gasteiger partial charge in [0.05, 0.1) is 5.41 Å². The van der Waals surface area contributed by atoms with Crippen LogP contribution in [0.15, 0.2) is 28.7 Å². The number of aliphatic carboxylic acids is 1. The molecule has 96 valence electrons. The second-order valence-corrected chi connectivity index (χ2v) is 6.70. The van der Waals surface area contributed by atoms with Crippen LogP contribution < -0.4 is 0 Å². The van der Waals surface area contributed by atoms with Crippen molar-refractivity contribution < 1.29 is 9.90 Å². The van der Waals surface area contributed by atoms with Crippen LogP contribution in [0.5, 0.6) is 0 Å². The highest BCUT2D eigenvalue weighted by Crippen LogP contribution is 2.58. The highest BCUT2D eigenvalue weighted by Gasteiger charge is 2.53. The van der Waals surface area contributed by atoms with Crippen molar-refractivity contribution in [2.45, 2.75) is 43.9 Å². The number of hydrogen-bond donors (Lipinski definition) is 1. The molecule has 0 radical (unpaired) electrons. The minimum atomic E-state index is -0.581. The van der Waals surface area contributed by atoms with Gasteiger partial charge in [0.2, 0.25) is 0 Å². The number of halogens is 1. The van der Waals surface area contributed by atoms with Crippen LogP contribution in [0.3, 0.4) is 0 Å². The van der Waals surface area contributed by atoms with E-state index in [0.717, 1.165) is 38.5 Å². The smallest absolute Gasteiger partial charge is 0.309 e. The largest absolute Gasteiger partial charge is 0.481 e. The van der Waals surface area contributed by atoms with E-state index in [1.807, 2.05) is 6.07 Å². The van der Waals surface area contributed by atoms with Crippen molar-refractivity contribution in [1.82, 2.24) is 0 Å². The van der Waals surface area contributed by atoms with Gasteiger partial charge in [-0.25, -0.2) is 0 Å². The molecule has 18 heavy (non-hydrogen) atoms. The van der Waals surface area contributed by atoms with E-state index in [1.165, 1.54) is 10.0 Å². The maximum absolute atomic E-state index is 11.4. The fraction of sp³-hybridized carbons (Fsp3) is 0.533. The molecule has 1 N–H and O–H groups in total. The van der Waals surface area contributed by atoms with Crippen LogP contribution >= 0.6 is 15.9 Å². The van der Waals surface area contributed by atoms with Gasteiger partial charge in [0, 0.05) is 4.47 Å². The Morgan fingerprint density at radius 3 is 2.11 bits per heavy atom. The average Bonchev–Trinajstić information content (AvgIpc) is 2.41. The van der Waals surface area contributed by atoms with Crippen LogP contribution in [-0.2, 0) is 10.2 Å². The van der Waals surface area contributed by atoms with E-state index < -0.39 is 11.4 Å². The van der Waals surface area contributed by atoms with Crippen LogP contribution in [0.4, 0.5) is 0 Å². The molecule has 3 aliphatic carbocycles. The lowest BCUT2D eigenvalue weighted by Crippen LogP contribution is -2.48. The summed E-state index contributed by atoms with van der Waals surface area (Å²) >= 11 is 3.65. The topological polar surface area (TPSA) is 37.3 Å². The first-order valence-electron chi connectivity index (χ1n) is 6.57. The van der Waals surface area contributed by atoms with Crippen molar-refractivity contribution in [3.05, 3.63) is 34.3 Å². The molecule has 2 bridgehead atoms. The summed E-state index contributed by atoms with van der Waals surface area (Å²) in [6.45, 7) is 0. The monoisotopic (exact) mass is 308 g/mol. The highest BCUT2D eigenvalue weighted by atomic mass is 79.9. The molecule has 4 rings (SSSR count). The molecule has 3 aliphatic rings. The molecule has 3 saturated carbocycles. The lowest BCUT2D eigenvalue weighted by molar-refractivity contribution is -0.156. The molecule has 3 fully saturated rings. The highest BCUT2D eigenvalue weighted by molar-refractivity contribution is 9.10. The van der Waals surface area contributed by atoms with E-state index in [4.69, 9.17) is 0 Å². The molecular formula is C15H17BrO2. The molecule has 0 heterocycles. The summed E-state index contributed by atoms with van der Waals surface area (Å²) in [5, 5.41) is 9.41. The third-order valence-electron chi connectivity index (χ3n) is 5.15. The molecule has 0 amide bonds. The maximum atomic E-state index is 11.4. The van der Waals surface area contributed by atoms with E-state index in [9.17, 15) is 9.90 Å². The van der Waals surface area contributed by atoms with Crippen molar-refractivity contribution in [2.75, 3.05) is 0 Å². The fourth-order valence-electron chi connectivity index (χ4n) is 3.80. The van der Waals surface area contributed by atoms with Crippen LogP contribution in [0, 0.1) is 5.41 Å². The number of carbonyl (C=O) groups is 1. The van der Waals surface area contributed by atoms with Crippen molar-refractivity contribution in [2.24, 2.45) is 5.41 Å². The molecule has 1 aromatic rings. The summed E-state index contributed by atoms with van der Waals surface area (Å²) in [7, 11) is 0. The SMILES string of the molecule is O=C(O)C12CCC(c3ccccc3Br)(CC1)CC2. The van der Waals surface area contributed by atoms with Crippen molar-refractivity contribution in [1.29, 1.82) is 0 Å². The second-order valence-electron chi connectivity index (χ2n) is 5.85. The van der Waals surface area contributed by atoms with Crippen molar-refractivity contribution in [3.8, 4) is 0 Å². The number of hydrogen-bond acceptors (Lipinski definition) is 1. The van der Waals surface area contributed by atoms with E-state index in [1.54, 1.807) is 0 Å². The van der Waals surface area contributed by atoms with Gasteiger partial charge in [-0.05, 0) is 55.6 Å². The van der Waals surface area contributed by atoms with Gasteiger partial charge in [-0.15, -0.1) is 0 Å². The van der Waals surface area contributed by atoms with Crippen molar-refractivity contribution >= 4 is 21.9 Å². The minimum absolute atomic E-state index is 0.220. The number of rotatable bonds is 2. The summed E-state index contributed by atoms with van der Waals surface area (Å²) in [6.07, 6.45) is 5.56. The maximum Gasteiger partial charge on any atom is 0.309 e. The Morgan fingerprint density at radius 1 is 1.06 bits per heavy atom. The first-order chi connectivity index (χ1) is 8.58. The third-order valence-corrected chi connectivity index (χ3v) is 5.84. The fourth-order valence-corrected chi connectivity index (χ4v) is 4.51.